The second-order valence-corrected chi connectivity index (χ2v) is 6.78. The van der Waals surface area contributed by atoms with Gasteiger partial charge in [0, 0.05) is 24.5 Å². The quantitative estimate of drug-likeness (QED) is 0.283. The molecule has 3 aromatic rings. The number of hydrogen-bond donors (Lipinski definition) is 2. The molecular weight excluding hydrogens is 483 g/mol. The molecule has 0 aliphatic carbocycles. The van der Waals surface area contributed by atoms with E-state index in [-0.39, 0.29) is 24.0 Å². The lowest BCUT2D eigenvalue weighted by molar-refractivity contribution is 0.409. The summed E-state index contributed by atoms with van der Waals surface area (Å²) < 4.78 is 5.39. The van der Waals surface area contributed by atoms with E-state index in [0.717, 1.165) is 40.9 Å². The van der Waals surface area contributed by atoms with Gasteiger partial charge in [0.05, 0.1) is 19.3 Å². The van der Waals surface area contributed by atoms with E-state index in [1.54, 1.807) is 25.5 Å². The largest absolute Gasteiger partial charge is 0.496 e. The molecule has 0 saturated carbocycles. The maximum Gasteiger partial charge on any atom is 0.191 e. The SMILES string of the molecule is CN=C(NCCc1ccccc1OC)NCc1csc(-c2ccccc2)n1.I. The molecule has 0 aliphatic heterocycles. The van der Waals surface area contributed by atoms with Crippen LogP contribution in [0.2, 0.25) is 0 Å². The van der Waals surface area contributed by atoms with Crippen molar-refractivity contribution >= 4 is 41.3 Å². The zero-order valence-electron chi connectivity index (χ0n) is 16.0. The fraction of sp³-hybridized carbons (Fsp3) is 0.238. The van der Waals surface area contributed by atoms with E-state index in [1.807, 2.05) is 36.4 Å². The van der Waals surface area contributed by atoms with Gasteiger partial charge in [0.25, 0.3) is 0 Å². The van der Waals surface area contributed by atoms with Crippen LogP contribution >= 0.6 is 35.3 Å². The zero-order chi connectivity index (χ0) is 18.9. The number of rotatable bonds is 7. The van der Waals surface area contributed by atoms with E-state index < -0.39 is 0 Å². The van der Waals surface area contributed by atoms with Gasteiger partial charge < -0.3 is 15.4 Å². The third kappa shape index (κ3) is 6.20. The average molecular weight is 508 g/mol. The molecule has 0 radical (unpaired) electrons. The Bertz CT molecular complexity index is 883. The summed E-state index contributed by atoms with van der Waals surface area (Å²) in [5.74, 6) is 1.68. The molecule has 0 bridgehead atoms. The van der Waals surface area contributed by atoms with Gasteiger partial charge in [-0.3, -0.25) is 4.99 Å². The van der Waals surface area contributed by atoms with Gasteiger partial charge in [0.1, 0.15) is 10.8 Å². The molecule has 2 N–H and O–H groups in total. The maximum absolute atomic E-state index is 5.39. The Morgan fingerprint density at radius 2 is 1.82 bits per heavy atom. The fourth-order valence-corrected chi connectivity index (χ4v) is 3.55. The smallest absolute Gasteiger partial charge is 0.191 e. The number of aromatic nitrogens is 1. The summed E-state index contributed by atoms with van der Waals surface area (Å²) in [6, 6.07) is 18.3. The lowest BCUT2D eigenvalue weighted by Crippen LogP contribution is -2.37. The first-order valence-electron chi connectivity index (χ1n) is 8.86. The second-order valence-electron chi connectivity index (χ2n) is 5.92. The molecule has 0 atom stereocenters. The highest BCUT2D eigenvalue weighted by atomic mass is 127. The normalized spacial score (nSPS) is 10.9. The molecule has 7 heteroatoms. The minimum absolute atomic E-state index is 0. The van der Waals surface area contributed by atoms with Crippen molar-refractivity contribution in [1.82, 2.24) is 15.6 Å². The number of nitrogens with one attached hydrogen (secondary N) is 2. The monoisotopic (exact) mass is 508 g/mol. The highest BCUT2D eigenvalue weighted by molar-refractivity contribution is 14.0. The summed E-state index contributed by atoms with van der Waals surface area (Å²) in [5, 5.41) is 9.77. The van der Waals surface area contributed by atoms with Crippen LogP contribution in [0.25, 0.3) is 10.6 Å². The van der Waals surface area contributed by atoms with E-state index in [9.17, 15) is 0 Å². The number of thiazole rings is 1. The number of ether oxygens (including phenoxy) is 1. The minimum atomic E-state index is 0. The lowest BCUT2D eigenvalue weighted by Gasteiger charge is -2.12. The van der Waals surface area contributed by atoms with Crippen LogP contribution in [0.5, 0.6) is 5.75 Å². The van der Waals surface area contributed by atoms with Gasteiger partial charge in [0.15, 0.2) is 5.96 Å². The number of para-hydroxylation sites is 1. The molecule has 0 spiro atoms. The van der Waals surface area contributed by atoms with Crippen molar-refractivity contribution in [2.75, 3.05) is 20.7 Å². The van der Waals surface area contributed by atoms with Gasteiger partial charge in [0.2, 0.25) is 0 Å². The number of methoxy groups -OCH3 is 1. The van der Waals surface area contributed by atoms with Crippen molar-refractivity contribution in [3.8, 4) is 16.3 Å². The summed E-state index contributed by atoms with van der Waals surface area (Å²) in [6.07, 6.45) is 0.861. The molecule has 1 heterocycles. The topological polar surface area (TPSA) is 58.5 Å². The Morgan fingerprint density at radius 1 is 1.07 bits per heavy atom. The number of hydrogen-bond acceptors (Lipinski definition) is 4. The summed E-state index contributed by atoms with van der Waals surface area (Å²) in [5.41, 5.74) is 3.33. The molecule has 0 amide bonds. The Morgan fingerprint density at radius 3 is 2.57 bits per heavy atom. The summed E-state index contributed by atoms with van der Waals surface area (Å²) in [7, 11) is 3.47. The molecule has 3 rings (SSSR count). The molecule has 2 aromatic carbocycles. The van der Waals surface area contributed by atoms with Crippen molar-refractivity contribution in [2.24, 2.45) is 4.99 Å². The van der Waals surface area contributed by atoms with Crippen molar-refractivity contribution in [1.29, 1.82) is 0 Å². The number of benzene rings is 2. The molecule has 0 aliphatic rings. The molecule has 5 nitrogen and oxygen atoms in total. The van der Waals surface area contributed by atoms with Gasteiger partial charge in [-0.15, -0.1) is 35.3 Å². The van der Waals surface area contributed by atoms with Gasteiger partial charge in [-0.25, -0.2) is 4.98 Å². The zero-order valence-corrected chi connectivity index (χ0v) is 19.2. The fourth-order valence-electron chi connectivity index (χ4n) is 2.72. The number of aliphatic imine (C=N–C) groups is 1. The third-order valence-electron chi connectivity index (χ3n) is 4.11. The minimum Gasteiger partial charge on any atom is -0.496 e. The second kappa shape index (κ2) is 11.7. The van der Waals surface area contributed by atoms with Gasteiger partial charge >= 0.3 is 0 Å². The lowest BCUT2D eigenvalue weighted by atomic mass is 10.1. The van der Waals surface area contributed by atoms with Crippen LogP contribution in [0.3, 0.4) is 0 Å². The Balaban J connectivity index is 0.00000280. The van der Waals surface area contributed by atoms with Crippen LogP contribution in [0, 0.1) is 0 Å². The van der Waals surface area contributed by atoms with Crippen LogP contribution in [-0.4, -0.2) is 31.6 Å². The first-order chi connectivity index (χ1) is 13.3. The summed E-state index contributed by atoms with van der Waals surface area (Å²) in [4.78, 5) is 8.97. The van der Waals surface area contributed by atoms with E-state index in [1.165, 1.54) is 5.56 Å². The molecule has 28 heavy (non-hydrogen) atoms. The molecule has 148 valence electrons. The van der Waals surface area contributed by atoms with Crippen LogP contribution < -0.4 is 15.4 Å². The van der Waals surface area contributed by atoms with Crippen molar-refractivity contribution in [2.45, 2.75) is 13.0 Å². The molecule has 0 fully saturated rings. The molecule has 0 unspecified atom stereocenters. The number of halogens is 1. The number of nitrogens with zero attached hydrogens (tertiary/aromatic N) is 2. The summed E-state index contributed by atoms with van der Waals surface area (Å²) in [6.45, 7) is 1.41. The van der Waals surface area contributed by atoms with Gasteiger partial charge in [-0.05, 0) is 18.1 Å². The summed E-state index contributed by atoms with van der Waals surface area (Å²) >= 11 is 1.66. The van der Waals surface area contributed by atoms with Crippen molar-refractivity contribution < 1.29 is 4.74 Å². The van der Waals surface area contributed by atoms with Crippen LogP contribution in [0.1, 0.15) is 11.3 Å². The standard InChI is InChI=1S/C21H24N4OS.HI/c1-22-21(23-13-12-16-8-6-7-11-19(16)26-2)24-14-18-15-27-20(25-18)17-9-4-3-5-10-17;/h3-11,15H,12-14H2,1-2H3,(H2,22,23,24);1H. The number of guanidine groups is 1. The highest BCUT2D eigenvalue weighted by Gasteiger charge is 2.06. The van der Waals surface area contributed by atoms with E-state index in [2.05, 4.69) is 39.2 Å². The first-order valence-corrected chi connectivity index (χ1v) is 9.74. The van der Waals surface area contributed by atoms with Gasteiger partial charge in [-0.2, -0.15) is 0 Å². The van der Waals surface area contributed by atoms with Crippen LogP contribution in [0.4, 0.5) is 0 Å². The van der Waals surface area contributed by atoms with E-state index in [0.29, 0.717) is 6.54 Å². The predicted octanol–water partition coefficient (Wildman–Crippen LogP) is 4.34. The van der Waals surface area contributed by atoms with Crippen molar-refractivity contribution in [3.63, 3.8) is 0 Å². The van der Waals surface area contributed by atoms with Crippen LogP contribution in [-0.2, 0) is 13.0 Å². The Kier molecular flexibility index (Phi) is 9.22. The molecule has 1 aromatic heterocycles. The third-order valence-corrected chi connectivity index (χ3v) is 5.05. The maximum atomic E-state index is 5.39. The predicted molar refractivity (Wildman–Crippen MR) is 128 cm³/mol. The van der Waals surface area contributed by atoms with Crippen LogP contribution in [0.15, 0.2) is 65.0 Å². The van der Waals surface area contributed by atoms with Gasteiger partial charge in [-0.1, -0.05) is 48.5 Å². The average Bonchev–Trinajstić information content (AvgIpc) is 3.20. The first kappa shape index (κ1) is 22.2. The molecular formula is C21H25IN4OS. The van der Waals surface area contributed by atoms with Crippen molar-refractivity contribution in [3.05, 3.63) is 71.2 Å². The van der Waals surface area contributed by atoms with E-state index >= 15 is 0 Å². The van der Waals surface area contributed by atoms with E-state index in [4.69, 9.17) is 9.72 Å². The Labute approximate surface area is 187 Å². The Hall–Kier alpha value is -2.13. The molecule has 0 saturated heterocycles. The highest BCUT2D eigenvalue weighted by Crippen LogP contribution is 2.23.